The second kappa shape index (κ2) is 7.55. The molecule has 1 aromatic carbocycles. The summed E-state index contributed by atoms with van der Waals surface area (Å²) in [7, 11) is 0. The summed E-state index contributed by atoms with van der Waals surface area (Å²) in [6, 6.07) is 1.95. The average Bonchev–Trinajstić information content (AvgIpc) is 2.49. The fraction of sp³-hybridized carbons (Fsp3) is 0.562. The van der Waals surface area contributed by atoms with Gasteiger partial charge in [-0.15, -0.1) is 12.4 Å². The molecule has 0 saturated carbocycles. The Bertz CT molecular complexity index is 579. The summed E-state index contributed by atoms with van der Waals surface area (Å²) in [6.45, 7) is 4.21. The highest BCUT2D eigenvalue weighted by Gasteiger charge is 2.31. The lowest BCUT2D eigenvalue weighted by molar-refractivity contribution is -0.135. The minimum Gasteiger partial charge on any atom is -0.378 e. The first kappa shape index (κ1) is 18.1. The number of nitrogens with one attached hydrogen (secondary N) is 1. The molecule has 7 heteroatoms. The Morgan fingerprint density at radius 1 is 1.43 bits per heavy atom. The van der Waals surface area contributed by atoms with Crippen molar-refractivity contribution in [3.05, 3.63) is 34.9 Å². The zero-order valence-corrected chi connectivity index (χ0v) is 13.8. The molecule has 2 aliphatic heterocycles. The molecule has 0 spiro atoms. The minimum absolute atomic E-state index is 0. The van der Waals surface area contributed by atoms with E-state index in [0.29, 0.717) is 43.7 Å². The third kappa shape index (κ3) is 3.82. The fourth-order valence-corrected chi connectivity index (χ4v) is 3.27. The zero-order chi connectivity index (χ0) is 15.7. The van der Waals surface area contributed by atoms with Crippen molar-refractivity contribution in [2.24, 2.45) is 0 Å². The second-order valence-corrected chi connectivity index (χ2v) is 5.90. The number of carbonyl (C=O) groups is 1. The van der Waals surface area contributed by atoms with Gasteiger partial charge in [-0.05, 0) is 30.5 Å². The fourth-order valence-electron chi connectivity index (χ4n) is 3.27. The molecular weight excluding hydrogens is 326 g/mol. The number of amides is 1. The maximum Gasteiger partial charge on any atom is 0.224 e. The van der Waals surface area contributed by atoms with Crippen LogP contribution in [0.1, 0.15) is 30.5 Å². The molecule has 2 aliphatic rings. The van der Waals surface area contributed by atoms with E-state index in [0.717, 1.165) is 12.6 Å². The van der Waals surface area contributed by atoms with Gasteiger partial charge in [0, 0.05) is 31.6 Å². The van der Waals surface area contributed by atoms with Crippen LogP contribution in [-0.2, 0) is 16.0 Å². The van der Waals surface area contributed by atoms with Crippen LogP contribution < -0.4 is 5.32 Å². The van der Waals surface area contributed by atoms with E-state index in [1.807, 2.05) is 6.92 Å². The first-order valence-electron chi connectivity index (χ1n) is 7.64. The van der Waals surface area contributed by atoms with Crippen LogP contribution in [0.5, 0.6) is 0 Å². The molecule has 2 atom stereocenters. The summed E-state index contributed by atoms with van der Waals surface area (Å²) >= 11 is 0. The van der Waals surface area contributed by atoms with Crippen LogP contribution in [-0.4, -0.2) is 43.2 Å². The predicted octanol–water partition coefficient (Wildman–Crippen LogP) is 2.21. The molecule has 1 saturated heterocycles. The number of morpholine rings is 1. The van der Waals surface area contributed by atoms with Crippen LogP contribution in [0.15, 0.2) is 12.1 Å². The van der Waals surface area contributed by atoms with Gasteiger partial charge in [0.15, 0.2) is 0 Å². The molecule has 4 nitrogen and oxygen atoms in total. The maximum absolute atomic E-state index is 13.8. The van der Waals surface area contributed by atoms with Crippen LogP contribution >= 0.6 is 12.4 Å². The van der Waals surface area contributed by atoms with Crippen molar-refractivity contribution in [2.75, 3.05) is 26.3 Å². The van der Waals surface area contributed by atoms with E-state index in [1.165, 1.54) is 6.07 Å². The van der Waals surface area contributed by atoms with Gasteiger partial charge in [-0.1, -0.05) is 0 Å². The van der Waals surface area contributed by atoms with E-state index >= 15 is 0 Å². The molecule has 1 N–H and O–H groups in total. The van der Waals surface area contributed by atoms with Gasteiger partial charge in [0.05, 0.1) is 19.3 Å². The topological polar surface area (TPSA) is 41.6 Å². The largest absolute Gasteiger partial charge is 0.378 e. The number of ether oxygens (including phenoxy) is 1. The highest BCUT2D eigenvalue weighted by molar-refractivity contribution is 5.85. The number of nitrogens with zero attached hydrogens (tertiary/aromatic N) is 1. The van der Waals surface area contributed by atoms with Gasteiger partial charge >= 0.3 is 0 Å². The van der Waals surface area contributed by atoms with Crippen LogP contribution in [0, 0.1) is 11.6 Å². The molecule has 2 unspecified atom stereocenters. The predicted molar refractivity (Wildman–Crippen MR) is 84.7 cm³/mol. The van der Waals surface area contributed by atoms with Gasteiger partial charge in [0.1, 0.15) is 11.6 Å². The van der Waals surface area contributed by atoms with Crippen molar-refractivity contribution in [2.45, 2.75) is 31.8 Å². The van der Waals surface area contributed by atoms with E-state index in [2.05, 4.69) is 5.32 Å². The number of hydrogen-bond acceptors (Lipinski definition) is 3. The summed E-state index contributed by atoms with van der Waals surface area (Å²) in [5.74, 6) is -1.12. The molecule has 128 valence electrons. The number of rotatable bonds is 2. The number of halogens is 3. The summed E-state index contributed by atoms with van der Waals surface area (Å²) < 4.78 is 32.6. The molecule has 23 heavy (non-hydrogen) atoms. The van der Waals surface area contributed by atoms with Crippen molar-refractivity contribution >= 4 is 18.3 Å². The van der Waals surface area contributed by atoms with Gasteiger partial charge in [-0.2, -0.15) is 0 Å². The molecular formula is C16H21ClF2N2O2. The normalized spacial score (nSPS) is 23.9. The Hall–Kier alpha value is -1.24. The van der Waals surface area contributed by atoms with Crippen LogP contribution in [0.25, 0.3) is 0 Å². The Morgan fingerprint density at radius 2 is 2.22 bits per heavy atom. The van der Waals surface area contributed by atoms with E-state index in [9.17, 15) is 13.6 Å². The lowest BCUT2D eigenvalue weighted by Gasteiger charge is -2.36. The minimum atomic E-state index is -0.597. The van der Waals surface area contributed by atoms with E-state index < -0.39 is 11.6 Å². The van der Waals surface area contributed by atoms with Crippen molar-refractivity contribution < 1.29 is 18.3 Å². The molecule has 0 aromatic heterocycles. The van der Waals surface area contributed by atoms with Crippen LogP contribution in [0.2, 0.25) is 0 Å². The van der Waals surface area contributed by atoms with E-state index in [-0.39, 0.29) is 30.4 Å². The highest BCUT2D eigenvalue weighted by atomic mass is 35.5. The Balaban J connectivity index is 0.00000192. The SMILES string of the molecule is CC1c2cc(F)cc(F)c2CCN1C(=O)CC1COCCN1.Cl. The molecule has 2 heterocycles. The van der Waals surface area contributed by atoms with Crippen LogP contribution in [0.4, 0.5) is 8.78 Å². The number of carbonyl (C=O) groups excluding carboxylic acids is 1. The van der Waals surface area contributed by atoms with Crippen molar-refractivity contribution in [1.29, 1.82) is 0 Å². The smallest absolute Gasteiger partial charge is 0.224 e. The van der Waals surface area contributed by atoms with Crippen molar-refractivity contribution in [3.8, 4) is 0 Å². The molecule has 0 aliphatic carbocycles. The molecule has 1 amide bonds. The standard InChI is InChI=1S/C16H20F2N2O2.ClH/c1-10-14-6-11(17)7-15(18)13(14)2-4-20(10)16(21)8-12-9-22-5-3-19-12;/h6-7,10,12,19H,2-5,8-9H2,1H3;1H. The van der Waals surface area contributed by atoms with Gasteiger partial charge in [-0.25, -0.2) is 8.78 Å². The maximum atomic E-state index is 13.8. The molecule has 1 aromatic rings. The van der Waals surface area contributed by atoms with Crippen LogP contribution in [0.3, 0.4) is 0 Å². The number of hydrogen-bond donors (Lipinski definition) is 1. The quantitative estimate of drug-likeness (QED) is 0.892. The van der Waals surface area contributed by atoms with Crippen molar-refractivity contribution in [3.63, 3.8) is 0 Å². The first-order chi connectivity index (χ1) is 10.6. The Morgan fingerprint density at radius 3 is 2.91 bits per heavy atom. The summed E-state index contributed by atoms with van der Waals surface area (Å²) in [4.78, 5) is 14.2. The number of benzene rings is 1. The first-order valence-corrected chi connectivity index (χ1v) is 7.64. The van der Waals surface area contributed by atoms with E-state index in [4.69, 9.17) is 4.74 Å². The number of fused-ring (bicyclic) bond motifs is 1. The molecule has 1 fully saturated rings. The van der Waals surface area contributed by atoms with Gasteiger partial charge < -0.3 is 15.0 Å². The summed E-state index contributed by atoms with van der Waals surface area (Å²) in [5, 5.41) is 3.25. The Labute approximate surface area is 140 Å². The monoisotopic (exact) mass is 346 g/mol. The third-order valence-electron chi connectivity index (χ3n) is 4.45. The molecule has 0 bridgehead atoms. The van der Waals surface area contributed by atoms with Gasteiger partial charge in [-0.3, -0.25) is 4.79 Å². The lowest BCUT2D eigenvalue weighted by Crippen LogP contribution is -2.46. The highest BCUT2D eigenvalue weighted by Crippen LogP contribution is 2.32. The molecule has 0 radical (unpaired) electrons. The average molecular weight is 347 g/mol. The van der Waals surface area contributed by atoms with E-state index in [1.54, 1.807) is 4.90 Å². The van der Waals surface area contributed by atoms with Gasteiger partial charge in [0.2, 0.25) is 5.91 Å². The molecule has 3 rings (SSSR count). The third-order valence-corrected chi connectivity index (χ3v) is 4.45. The summed E-state index contributed by atoms with van der Waals surface area (Å²) in [5.41, 5.74) is 1.10. The van der Waals surface area contributed by atoms with Crippen molar-refractivity contribution in [1.82, 2.24) is 10.2 Å². The Kier molecular flexibility index (Phi) is 5.95. The lowest BCUT2D eigenvalue weighted by atomic mass is 9.92. The van der Waals surface area contributed by atoms with Gasteiger partial charge in [0.25, 0.3) is 0 Å². The summed E-state index contributed by atoms with van der Waals surface area (Å²) in [6.07, 6.45) is 0.767. The zero-order valence-electron chi connectivity index (χ0n) is 13.0. The second-order valence-electron chi connectivity index (χ2n) is 5.90.